The normalized spacial score (nSPS) is 13.1. The molecule has 0 bridgehead atoms. The number of fused-ring (bicyclic) bond motifs is 19. The number of aromatic nitrogens is 4. The van der Waals surface area contributed by atoms with Gasteiger partial charge in [0, 0.05) is 66.3 Å². The third kappa shape index (κ3) is 9.38. The second-order valence-electron chi connectivity index (χ2n) is 27.7. The maximum Gasteiger partial charge on any atom is 0.164 e. The summed E-state index contributed by atoms with van der Waals surface area (Å²) in [6.07, 6.45) is 0. The Morgan fingerprint density at radius 2 is 0.757 bits per heavy atom. The molecule has 18 aromatic rings. The zero-order valence-corrected chi connectivity index (χ0v) is 56.7. The van der Waals surface area contributed by atoms with Crippen LogP contribution in [-0.4, -0.2) is 19.5 Å². The highest BCUT2D eigenvalue weighted by atomic mass is 16.3. The lowest BCUT2D eigenvalue weighted by Gasteiger charge is -2.32. The zero-order chi connectivity index (χ0) is 68.3. The highest BCUT2D eigenvalue weighted by Crippen LogP contribution is 2.65. The summed E-state index contributed by atoms with van der Waals surface area (Å²) < 4.78 is 8.78. The van der Waals surface area contributed by atoms with E-state index in [1.54, 1.807) is 0 Å². The van der Waals surface area contributed by atoms with Crippen molar-refractivity contribution in [3.8, 4) is 95.5 Å². The van der Waals surface area contributed by atoms with Crippen LogP contribution >= 0.6 is 0 Å². The van der Waals surface area contributed by atoms with E-state index in [-0.39, 0.29) is 5.41 Å². The van der Waals surface area contributed by atoms with Crippen molar-refractivity contribution in [3.05, 3.63) is 391 Å². The molecule has 0 saturated carbocycles. The van der Waals surface area contributed by atoms with E-state index in [9.17, 15) is 0 Å². The van der Waals surface area contributed by atoms with Crippen molar-refractivity contribution in [1.82, 2.24) is 19.5 Å². The van der Waals surface area contributed by atoms with Crippen molar-refractivity contribution in [2.75, 3.05) is 4.90 Å². The molecule has 0 amide bonds. The molecule has 3 heterocycles. The number of para-hydroxylation sites is 2. The molecule has 21 rings (SSSR count). The van der Waals surface area contributed by atoms with Crippen LogP contribution < -0.4 is 4.90 Å². The first kappa shape index (κ1) is 59.7. The van der Waals surface area contributed by atoms with Crippen LogP contribution in [0.2, 0.25) is 0 Å². The van der Waals surface area contributed by atoms with Crippen molar-refractivity contribution in [1.29, 1.82) is 0 Å². The third-order valence-electron chi connectivity index (χ3n) is 21.8. The molecule has 6 heteroatoms. The molecule has 0 N–H and O–H groups in total. The van der Waals surface area contributed by atoms with Crippen molar-refractivity contribution in [3.63, 3.8) is 0 Å². The van der Waals surface area contributed by atoms with Gasteiger partial charge in [0.15, 0.2) is 17.5 Å². The van der Waals surface area contributed by atoms with Gasteiger partial charge < -0.3 is 13.9 Å². The fourth-order valence-corrected chi connectivity index (χ4v) is 17.1. The minimum atomic E-state index is -0.403. The van der Waals surface area contributed by atoms with E-state index >= 15 is 0 Å². The number of hydrogen-bond donors (Lipinski definition) is 0. The third-order valence-corrected chi connectivity index (χ3v) is 21.8. The standard InChI is InChI=1S/C52H37N.C45H28N4O/c1-51(2)43-21-10-6-17-38(43)41-32-31-37(33-48(41)51)53(36-29-27-35(28-30-36)34-15-4-3-5-16-34)49-26-14-25-47-50(49)42-20-9-13-24-46(42)52(47)44-22-11-7-18-39(44)40-19-8-12-23-45(40)52;1-4-13-29(14-5-1)43-46-44(30-15-6-2-7-16-30)48-45(47-43)35-20-12-22-41-42(35)37-28-32(24-26-40(37)50-41)31-23-25-39-36(27-31)34-19-10-11-21-38(34)49(39)33-17-8-3-9-18-33/h3-33H,1-2H3;1-28H. The zero-order valence-electron chi connectivity index (χ0n) is 56.7. The molecule has 3 aromatic heterocycles. The van der Waals surface area contributed by atoms with Gasteiger partial charge in [-0.05, 0) is 162 Å². The van der Waals surface area contributed by atoms with E-state index in [1.165, 1.54) is 105 Å². The first-order valence-electron chi connectivity index (χ1n) is 35.4. The molecule has 0 radical (unpaired) electrons. The van der Waals surface area contributed by atoms with E-state index in [0.717, 1.165) is 66.8 Å². The lowest BCUT2D eigenvalue weighted by molar-refractivity contribution is 0.660. The molecule has 0 aliphatic heterocycles. The van der Waals surface area contributed by atoms with Gasteiger partial charge in [0.2, 0.25) is 0 Å². The van der Waals surface area contributed by atoms with Gasteiger partial charge in [-0.15, -0.1) is 0 Å². The number of rotatable bonds is 9. The van der Waals surface area contributed by atoms with E-state index in [1.807, 2.05) is 72.8 Å². The molecule has 3 aliphatic rings. The number of furan rings is 1. The van der Waals surface area contributed by atoms with Gasteiger partial charge in [0.05, 0.1) is 22.1 Å². The van der Waals surface area contributed by atoms with Crippen LogP contribution in [0.15, 0.2) is 362 Å². The summed E-state index contributed by atoms with van der Waals surface area (Å²) in [4.78, 5) is 17.5. The summed E-state index contributed by atoms with van der Waals surface area (Å²) >= 11 is 0. The van der Waals surface area contributed by atoms with Gasteiger partial charge >= 0.3 is 0 Å². The summed E-state index contributed by atoms with van der Waals surface area (Å²) in [6, 6.07) is 129. The Bertz CT molecular complexity index is 6290. The molecule has 0 saturated heterocycles. The van der Waals surface area contributed by atoms with Crippen molar-refractivity contribution < 1.29 is 4.42 Å². The van der Waals surface area contributed by atoms with Gasteiger partial charge in [-0.3, -0.25) is 0 Å². The molecule has 15 aromatic carbocycles. The van der Waals surface area contributed by atoms with Gasteiger partial charge in [0.25, 0.3) is 0 Å². The molecule has 3 aliphatic carbocycles. The average Bonchev–Trinajstić information content (AvgIpc) is 1.50. The predicted molar refractivity (Wildman–Crippen MR) is 424 cm³/mol. The predicted octanol–water partition coefficient (Wildman–Crippen LogP) is 25.0. The van der Waals surface area contributed by atoms with Crippen LogP contribution in [-0.2, 0) is 10.8 Å². The van der Waals surface area contributed by atoms with Crippen LogP contribution in [0.3, 0.4) is 0 Å². The number of nitrogens with zero attached hydrogens (tertiary/aromatic N) is 5. The molecule has 1 spiro atoms. The molecule has 484 valence electrons. The summed E-state index contributed by atoms with van der Waals surface area (Å²) in [6.45, 7) is 4.74. The minimum absolute atomic E-state index is 0.114. The first-order chi connectivity index (χ1) is 50.8. The van der Waals surface area contributed by atoms with Crippen LogP contribution in [0, 0.1) is 0 Å². The largest absolute Gasteiger partial charge is 0.456 e. The van der Waals surface area contributed by atoms with Gasteiger partial charge in [-0.25, -0.2) is 15.0 Å². The van der Waals surface area contributed by atoms with E-state index in [0.29, 0.717) is 17.5 Å². The second kappa shape index (κ2) is 23.7. The molecule has 103 heavy (non-hydrogen) atoms. The maximum atomic E-state index is 6.44. The second-order valence-corrected chi connectivity index (χ2v) is 27.7. The van der Waals surface area contributed by atoms with Crippen LogP contribution in [0.4, 0.5) is 17.1 Å². The molecular formula is C97H65N5O. The monoisotopic (exact) mass is 1320 g/mol. The van der Waals surface area contributed by atoms with Gasteiger partial charge in [-0.2, -0.15) is 0 Å². The fraction of sp³-hybridized carbons (Fsp3) is 0.0412. The number of benzene rings is 15. The average molecular weight is 1320 g/mol. The SMILES string of the molecule is CC1(C)c2ccccc2-c2ccc(N(c3ccc(-c4ccccc4)cc3)c3cccc4c3-c3ccccc3C43c4ccccc4-c4ccccc43)cc21.c1ccc(-c2nc(-c3ccccc3)nc(-c3cccc4oc5ccc(-c6ccc7c(c6)c6ccccc6n7-c6ccccc6)cc5c34)n2)cc1. The molecular weight excluding hydrogens is 1250 g/mol. The Kier molecular flexibility index (Phi) is 13.7. The quantitative estimate of drug-likeness (QED) is 0.144. The van der Waals surface area contributed by atoms with Crippen LogP contribution in [0.25, 0.3) is 139 Å². The van der Waals surface area contributed by atoms with Crippen LogP contribution in [0.5, 0.6) is 0 Å². The Morgan fingerprint density at radius 3 is 1.43 bits per heavy atom. The number of anilines is 3. The van der Waals surface area contributed by atoms with Crippen molar-refractivity contribution >= 4 is 60.8 Å². The highest BCUT2D eigenvalue weighted by molar-refractivity contribution is 6.14. The summed E-state index contributed by atoms with van der Waals surface area (Å²) in [5.41, 5.74) is 31.6. The van der Waals surface area contributed by atoms with Crippen LogP contribution in [0.1, 0.15) is 47.2 Å². The summed E-state index contributed by atoms with van der Waals surface area (Å²) in [7, 11) is 0. The highest BCUT2D eigenvalue weighted by Gasteiger charge is 2.52. The van der Waals surface area contributed by atoms with Gasteiger partial charge in [0.1, 0.15) is 11.2 Å². The topological polar surface area (TPSA) is 60.0 Å². The molecule has 6 nitrogen and oxygen atoms in total. The smallest absolute Gasteiger partial charge is 0.164 e. The maximum absolute atomic E-state index is 6.44. The van der Waals surface area contributed by atoms with E-state index in [2.05, 4.69) is 308 Å². The number of hydrogen-bond acceptors (Lipinski definition) is 5. The lowest BCUT2D eigenvalue weighted by Crippen LogP contribution is -2.26. The Hall–Kier alpha value is -13.3. The fourth-order valence-electron chi connectivity index (χ4n) is 17.1. The minimum Gasteiger partial charge on any atom is -0.456 e. The van der Waals surface area contributed by atoms with Gasteiger partial charge in [-0.1, -0.05) is 293 Å². The van der Waals surface area contributed by atoms with Crippen molar-refractivity contribution in [2.45, 2.75) is 24.7 Å². The van der Waals surface area contributed by atoms with Crippen molar-refractivity contribution in [2.24, 2.45) is 0 Å². The van der Waals surface area contributed by atoms with E-state index < -0.39 is 5.41 Å². The molecule has 0 fully saturated rings. The Morgan fingerprint density at radius 1 is 0.291 bits per heavy atom. The summed E-state index contributed by atoms with van der Waals surface area (Å²) in [5.74, 6) is 1.86. The molecule has 0 atom stereocenters. The Labute approximate surface area is 597 Å². The van der Waals surface area contributed by atoms with E-state index in [4.69, 9.17) is 19.4 Å². The Balaban J connectivity index is 0.000000138. The lowest BCUT2D eigenvalue weighted by atomic mass is 9.70. The molecule has 0 unspecified atom stereocenters. The summed E-state index contributed by atoms with van der Waals surface area (Å²) in [5, 5.41) is 4.44. The first-order valence-corrected chi connectivity index (χ1v) is 35.4.